The minimum absolute atomic E-state index is 0.952. The molecule has 0 aliphatic carbocycles. The van der Waals surface area contributed by atoms with Crippen molar-refractivity contribution in [3.8, 4) is 0 Å². The summed E-state index contributed by atoms with van der Waals surface area (Å²) in [5.74, 6) is 0.952. The van der Waals surface area contributed by atoms with Crippen molar-refractivity contribution in [2.24, 2.45) is 7.05 Å². The minimum Gasteiger partial charge on any atom is -0.331 e. The van der Waals surface area contributed by atoms with Crippen LogP contribution in [0.2, 0.25) is 0 Å². The summed E-state index contributed by atoms with van der Waals surface area (Å²) in [7, 11) is 2.01. The first-order valence-electron chi connectivity index (χ1n) is 4.39. The number of hydrogen-bond acceptors (Lipinski definition) is 1. The zero-order valence-corrected chi connectivity index (χ0v) is 8.76. The molecular weight excluding hydrogens is 160 g/mol. The highest BCUT2D eigenvalue weighted by Crippen LogP contribution is 2.15. The van der Waals surface area contributed by atoms with Crippen LogP contribution >= 0.6 is 0 Å². The van der Waals surface area contributed by atoms with Crippen LogP contribution in [-0.4, -0.2) is 9.55 Å². The number of hydrogen-bond donors (Lipinski definition) is 0. The Morgan fingerprint density at radius 2 is 2.08 bits per heavy atom. The number of imidazole rings is 1. The van der Waals surface area contributed by atoms with E-state index in [1.165, 1.54) is 5.69 Å². The Hall–Kier alpha value is -1.31. The summed E-state index contributed by atoms with van der Waals surface area (Å²) in [6.45, 7) is 10.0. The van der Waals surface area contributed by atoms with Gasteiger partial charge in [0.2, 0.25) is 0 Å². The van der Waals surface area contributed by atoms with Crippen molar-refractivity contribution >= 4 is 5.57 Å². The molecule has 0 bridgehead atoms. The number of nitrogens with zero attached hydrogens (tertiary/aromatic N) is 2. The van der Waals surface area contributed by atoms with Crippen LogP contribution in [0.4, 0.5) is 0 Å². The summed E-state index contributed by atoms with van der Waals surface area (Å²) in [5.41, 5.74) is 3.23. The predicted molar refractivity (Wildman–Crippen MR) is 56.5 cm³/mol. The van der Waals surface area contributed by atoms with Gasteiger partial charge < -0.3 is 4.57 Å². The van der Waals surface area contributed by atoms with Crippen LogP contribution < -0.4 is 0 Å². The average Bonchev–Trinajstić information content (AvgIpc) is 2.33. The van der Waals surface area contributed by atoms with Crippen molar-refractivity contribution in [2.75, 3.05) is 0 Å². The highest BCUT2D eigenvalue weighted by Gasteiger charge is 2.07. The lowest BCUT2D eigenvalue weighted by molar-refractivity contribution is 0.855. The number of allylic oxidation sites excluding steroid dienone is 3. The molecule has 0 aliphatic heterocycles. The van der Waals surface area contributed by atoms with E-state index in [2.05, 4.69) is 23.1 Å². The Bertz CT molecular complexity index is 356. The van der Waals surface area contributed by atoms with Gasteiger partial charge >= 0.3 is 0 Å². The molecule has 0 aliphatic rings. The van der Waals surface area contributed by atoms with Crippen LogP contribution in [0.15, 0.2) is 18.7 Å². The zero-order chi connectivity index (χ0) is 10.0. The fourth-order valence-electron chi connectivity index (χ4n) is 1.28. The Balaban J connectivity index is 3.16. The van der Waals surface area contributed by atoms with Crippen molar-refractivity contribution in [2.45, 2.75) is 20.8 Å². The van der Waals surface area contributed by atoms with Gasteiger partial charge in [-0.3, -0.25) is 0 Å². The quantitative estimate of drug-likeness (QED) is 0.633. The minimum atomic E-state index is 0.952. The number of aromatic nitrogens is 2. The molecule has 1 aromatic heterocycles. The molecule has 0 saturated carbocycles. The maximum absolute atomic E-state index is 4.44. The normalized spacial score (nSPS) is 11.1. The van der Waals surface area contributed by atoms with Crippen molar-refractivity contribution in [1.82, 2.24) is 9.55 Å². The second-order valence-corrected chi connectivity index (χ2v) is 3.19. The lowest BCUT2D eigenvalue weighted by Gasteiger charge is -2.01. The largest absolute Gasteiger partial charge is 0.331 e. The topological polar surface area (TPSA) is 17.8 Å². The molecule has 2 nitrogen and oxygen atoms in total. The molecule has 0 spiro atoms. The molecule has 13 heavy (non-hydrogen) atoms. The molecule has 0 radical (unpaired) electrons. The SMILES string of the molecule is C=C(/C=C\C)c1nc(C)c(C)n1C. The van der Waals surface area contributed by atoms with Gasteiger partial charge in [0.1, 0.15) is 5.82 Å². The van der Waals surface area contributed by atoms with E-state index in [0.717, 1.165) is 17.1 Å². The molecule has 70 valence electrons. The molecule has 0 fully saturated rings. The third-order valence-electron chi connectivity index (χ3n) is 2.27. The summed E-state index contributed by atoms with van der Waals surface area (Å²) in [6.07, 6.45) is 3.95. The monoisotopic (exact) mass is 176 g/mol. The third kappa shape index (κ3) is 1.72. The molecule has 0 amide bonds. The third-order valence-corrected chi connectivity index (χ3v) is 2.27. The summed E-state index contributed by atoms with van der Waals surface area (Å²) in [6, 6.07) is 0. The maximum atomic E-state index is 4.44. The van der Waals surface area contributed by atoms with Crippen LogP contribution in [0.25, 0.3) is 5.57 Å². The zero-order valence-electron chi connectivity index (χ0n) is 8.76. The molecule has 1 rings (SSSR count). The molecule has 0 N–H and O–H groups in total. The molecule has 0 aromatic carbocycles. The Labute approximate surface area is 79.6 Å². The maximum Gasteiger partial charge on any atom is 0.139 e. The summed E-state index contributed by atoms with van der Waals surface area (Å²) in [5, 5.41) is 0. The van der Waals surface area contributed by atoms with Crippen LogP contribution in [-0.2, 0) is 7.05 Å². The second kappa shape index (κ2) is 3.60. The van der Waals surface area contributed by atoms with E-state index in [1.807, 2.05) is 33.0 Å². The van der Waals surface area contributed by atoms with Gasteiger partial charge in [-0.2, -0.15) is 0 Å². The molecular formula is C11H16N2. The first-order valence-corrected chi connectivity index (χ1v) is 4.39. The van der Waals surface area contributed by atoms with E-state index in [4.69, 9.17) is 0 Å². The van der Waals surface area contributed by atoms with E-state index in [0.29, 0.717) is 0 Å². The molecule has 1 heterocycles. The summed E-state index contributed by atoms with van der Waals surface area (Å²) in [4.78, 5) is 4.44. The molecule has 1 aromatic rings. The first kappa shape index (κ1) is 9.78. The Morgan fingerprint density at radius 1 is 1.46 bits per heavy atom. The predicted octanol–water partition coefficient (Wildman–Crippen LogP) is 2.63. The van der Waals surface area contributed by atoms with Gasteiger partial charge in [-0.1, -0.05) is 18.7 Å². The summed E-state index contributed by atoms with van der Waals surface area (Å²) >= 11 is 0. The Morgan fingerprint density at radius 3 is 2.46 bits per heavy atom. The average molecular weight is 176 g/mol. The molecule has 2 heteroatoms. The Kier molecular flexibility index (Phi) is 2.71. The van der Waals surface area contributed by atoms with E-state index in [9.17, 15) is 0 Å². The highest BCUT2D eigenvalue weighted by atomic mass is 15.1. The smallest absolute Gasteiger partial charge is 0.139 e. The van der Waals surface area contributed by atoms with Gasteiger partial charge in [0, 0.05) is 18.3 Å². The van der Waals surface area contributed by atoms with Gasteiger partial charge in [0.05, 0.1) is 5.69 Å². The van der Waals surface area contributed by atoms with Gasteiger partial charge in [-0.05, 0) is 20.8 Å². The fraction of sp³-hybridized carbons (Fsp3) is 0.364. The van der Waals surface area contributed by atoms with Gasteiger partial charge in [0.15, 0.2) is 0 Å². The van der Waals surface area contributed by atoms with E-state index >= 15 is 0 Å². The lowest BCUT2D eigenvalue weighted by Crippen LogP contribution is -1.96. The van der Waals surface area contributed by atoms with Crippen molar-refractivity contribution in [1.29, 1.82) is 0 Å². The van der Waals surface area contributed by atoms with Crippen molar-refractivity contribution in [3.63, 3.8) is 0 Å². The summed E-state index contributed by atoms with van der Waals surface area (Å²) < 4.78 is 2.07. The van der Waals surface area contributed by atoms with Gasteiger partial charge in [-0.15, -0.1) is 0 Å². The second-order valence-electron chi connectivity index (χ2n) is 3.19. The van der Waals surface area contributed by atoms with Crippen molar-refractivity contribution < 1.29 is 0 Å². The molecule has 0 saturated heterocycles. The molecule has 0 unspecified atom stereocenters. The number of aryl methyl sites for hydroxylation is 1. The van der Waals surface area contributed by atoms with Crippen LogP contribution in [0.1, 0.15) is 24.1 Å². The van der Waals surface area contributed by atoms with Gasteiger partial charge in [-0.25, -0.2) is 4.98 Å². The van der Waals surface area contributed by atoms with Crippen LogP contribution in [0.3, 0.4) is 0 Å². The fourth-order valence-corrected chi connectivity index (χ4v) is 1.28. The lowest BCUT2D eigenvalue weighted by atomic mass is 10.2. The molecule has 0 atom stereocenters. The number of rotatable bonds is 2. The standard InChI is InChI=1S/C11H16N2/c1-6-7-8(2)11-12-9(3)10(4)13(11)5/h6-7H,2H2,1,3-5H3/b7-6-. The van der Waals surface area contributed by atoms with E-state index in [1.54, 1.807) is 0 Å². The van der Waals surface area contributed by atoms with Gasteiger partial charge in [0.25, 0.3) is 0 Å². The van der Waals surface area contributed by atoms with Crippen LogP contribution in [0.5, 0.6) is 0 Å². The van der Waals surface area contributed by atoms with E-state index < -0.39 is 0 Å². The van der Waals surface area contributed by atoms with Crippen LogP contribution in [0, 0.1) is 13.8 Å². The first-order chi connectivity index (χ1) is 6.07. The van der Waals surface area contributed by atoms with Crippen molar-refractivity contribution in [3.05, 3.63) is 35.9 Å². The van der Waals surface area contributed by atoms with E-state index in [-0.39, 0.29) is 0 Å². The highest BCUT2D eigenvalue weighted by molar-refractivity contribution is 5.67.